The highest BCUT2D eigenvalue weighted by molar-refractivity contribution is 5.78. The molecule has 1 saturated carbocycles. The zero-order valence-corrected chi connectivity index (χ0v) is 9.04. The molecule has 8 heteroatoms. The first-order valence-corrected chi connectivity index (χ1v) is 4.97. The number of nitro groups is 1. The maximum atomic E-state index is 11.3. The van der Waals surface area contributed by atoms with Crippen LogP contribution in [0.25, 0.3) is 0 Å². The van der Waals surface area contributed by atoms with Gasteiger partial charge in [0, 0.05) is 0 Å². The van der Waals surface area contributed by atoms with Crippen molar-refractivity contribution in [2.45, 2.75) is 24.4 Å². The molecule has 1 atom stereocenters. The second-order valence-corrected chi connectivity index (χ2v) is 3.97. The highest BCUT2D eigenvalue weighted by atomic mass is 16.6. The van der Waals surface area contributed by atoms with Gasteiger partial charge in [0.05, 0.1) is 17.4 Å². The maximum absolute atomic E-state index is 11.3. The Hall–Kier alpha value is -1.96. The summed E-state index contributed by atoms with van der Waals surface area (Å²) in [5, 5.41) is 26.7. The summed E-state index contributed by atoms with van der Waals surface area (Å²) in [4.78, 5) is 21.5. The number of aliphatic hydroxyl groups is 1. The van der Waals surface area contributed by atoms with Gasteiger partial charge in [0.15, 0.2) is 6.10 Å². The number of methoxy groups -OCH3 is 1. The highest BCUT2D eigenvalue weighted by Gasteiger charge is 2.58. The van der Waals surface area contributed by atoms with Gasteiger partial charge in [-0.25, -0.2) is 4.79 Å². The van der Waals surface area contributed by atoms with Gasteiger partial charge in [0.2, 0.25) is 0 Å². The molecule has 8 nitrogen and oxygen atoms in total. The smallest absolute Gasteiger partial charge is 0.335 e. The van der Waals surface area contributed by atoms with E-state index in [0.717, 1.165) is 13.3 Å². The average molecular weight is 241 g/mol. The van der Waals surface area contributed by atoms with Crippen LogP contribution < -0.4 is 0 Å². The summed E-state index contributed by atoms with van der Waals surface area (Å²) in [6.07, 6.45) is 0.615. The monoisotopic (exact) mass is 241 g/mol. The highest BCUT2D eigenvalue weighted by Crippen LogP contribution is 2.52. The molecule has 0 amide bonds. The summed E-state index contributed by atoms with van der Waals surface area (Å²) in [6, 6.07) is 0. The van der Waals surface area contributed by atoms with E-state index in [4.69, 9.17) is 0 Å². The van der Waals surface area contributed by atoms with Crippen molar-refractivity contribution in [2.24, 2.45) is 0 Å². The second kappa shape index (κ2) is 3.81. The van der Waals surface area contributed by atoms with Crippen LogP contribution in [0.5, 0.6) is 0 Å². The van der Waals surface area contributed by atoms with E-state index in [1.54, 1.807) is 0 Å². The number of carbonyl (C=O) groups is 1. The van der Waals surface area contributed by atoms with Gasteiger partial charge in [-0.2, -0.15) is 5.10 Å². The molecule has 17 heavy (non-hydrogen) atoms. The van der Waals surface area contributed by atoms with E-state index in [9.17, 15) is 20.0 Å². The number of aliphatic hydroxyl groups excluding tert-OH is 1. The molecule has 0 saturated heterocycles. The van der Waals surface area contributed by atoms with Crippen molar-refractivity contribution in [3.8, 4) is 0 Å². The number of ether oxygens (including phenoxy) is 1. The largest absolute Gasteiger partial charge is 0.467 e. The molecule has 0 aliphatic heterocycles. The van der Waals surface area contributed by atoms with Gasteiger partial charge in [0.25, 0.3) is 0 Å². The molecule has 1 aliphatic rings. The fourth-order valence-electron chi connectivity index (χ4n) is 1.92. The van der Waals surface area contributed by atoms with Crippen molar-refractivity contribution in [3.63, 3.8) is 0 Å². The normalized spacial score (nSPS) is 18.5. The van der Waals surface area contributed by atoms with Gasteiger partial charge >= 0.3 is 11.7 Å². The summed E-state index contributed by atoms with van der Waals surface area (Å²) in [7, 11) is 1.16. The van der Waals surface area contributed by atoms with Crippen LogP contribution in [0.15, 0.2) is 6.20 Å². The standard InChI is InChI=1S/C9H11N3O5/c1-17-8(14)7(13)9(2-3-9)6-5(12(15)16)4-10-11-6/h4,7,13H,2-3H2,1H3,(H,10,11). The lowest BCUT2D eigenvalue weighted by atomic mass is 9.94. The number of carbonyl (C=O) groups excluding carboxylic acids is 1. The number of aromatic amines is 1. The molecule has 1 heterocycles. The summed E-state index contributed by atoms with van der Waals surface area (Å²) < 4.78 is 4.44. The lowest BCUT2D eigenvalue weighted by Gasteiger charge is -2.17. The number of H-pyrrole nitrogens is 1. The van der Waals surface area contributed by atoms with Crippen LogP contribution in [0.1, 0.15) is 18.5 Å². The molecule has 0 radical (unpaired) electrons. The van der Waals surface area contributed by atoms with Crippen LogP contribution in [0, 0.1) is 10.1 Å². The Morgan fingerprint density at radius 2 is 2.41 bits per heavy atom. The van der Waals surface area contributed by atoms with E-state index in [1.165, 1.54) is 0 Å². The molecular weight excluding hydrogens is 230 g/mol. The molecule has 1 unspecified atom stereocenters. The fourth-order valence-corrected chi connectivity index (χ4v) is 1.92. The minimum absolute atomic E-state index is 0.181. The number of hydrogen-bond donors (Lipinski definition) is 2. The minimum atomic E-state index is -1.41. The molecule has 92 valence electrons. The number of nitrogens with zero attached hydrogens (tertiary/aromatic N) is 2. The first-order chi connectivity index (χ1) is 8.03. The first kappa shape index (κ1) is 11.5. The number of hydrogen-bond acceptors (Lipinski definition) is 6. The average Bonchev–Trinajstić information content (AvgIpc) is 2.96. The second-order valence-electron chi connectivity index (χ2n) is 3.97. The zero-order valence-electron chi connectivity index (χ0n) is 9.04. The molecule has 0 aromatic carbocycles. The Morgan fingerprint density at radius 1 is 1.76 bits per heavy atom. The first-order valence-electron chi connectivity index (χ1n) is 4.97. The van der Waals surface area contributed by atoms with Crippen LogP contribution in [0.3, 0.4) is 0 Å². The van der Waals surface area contributed by atoms with Crippen molar-refractivity contribution in [1.29, 1.82) is 0 Å². The topological polar surface area (TPSA) is 118 Å². The third kappa shape index (κ3) is 1.66. The van der Waals surface area contributed by atoms with E-state index < -0.39 is 22.4 Å². The molecule has 1 aromatic rings. The van der Waals surface area contributed by atoms with Crippen molar-refractivity contribution in [2.75, 3.05) is 7.11 Å². The van der Waals surface area contributed by atoms with Crippen molar-refractivity contribution in [1.82, 2.24) is 10.2 Å². The molecule has 1 aliphatic carbocycles. The van der Waals surface area contributed by atoms with Gasteiger partial charge in [-0.05, 0) is 12.8 Å². The van der Waals surface area contributed by atoms with Gasteiger partial charge < -0.3 is 9.84 Å². The fraction of sp³-hybridized carbons (Fsp3) is 0.556. The third-order valence-electron chi connectivity index (χ3n) is 3.05. The van der Waals surface area contributed by atoms with Crippen LogP contribution in [0.4, 0.5) is 5.69 Å². The molecule has 0 bridgehead atoms. The Morgan fingerprint density at radius 3 is 2.88 bits per heavy atom. The summed E-state index contributed by atoms with van der Waals surface area (Å²) in [6.45, 7) is 0. The van der Waals surface area contributed by atoms with Gasteiger partial charge in [-0.15, -0.1) is 0 Å². The van der Waals surface area contributed by atoms with Gasteiger partial charge in [-0.3, -0.25) is 15.2 Å². The Kier molecular flexibility index (Phi) is 2.58. The van der Waals surface area contributed by atoms with Crippen LogP contribution in [-0.4, -0.2) is 39.4 Å². The molecular formula is C9H11N3O5. The molecule has 1 fully saturated rings. The predicted octanol–water partition coefficient (Wildman–Crippen LogP) is -0.117. The van der Waals surface area contributed by atoms with Crippen molar-refractivity contribution < 1.29 is 19.6 Å². The molecule has 2 rings (SSSR count). The third-order valence-corrected chi connectivity index (χ3v) is 3.05. The van der Waals surface area contributed by atoms with Gasteiger partial charge in [-0.1, -0.05) is 0 Å². The summed E-state index contributed by atoms with van der Waals surface area (Å²) in [5.41, 5.74) is -0.989. The van der Waals surface area contributed by atoms with Gasteiger partial charge in [0.1, 0.15) is 11.9 Å². The van der Waals surface area contributed by atoms with E-state index >= 15 is 0 Å². The Balaban J connectivity index is 2.36. The van der Waals surface area contributed by atoms with E-state index in [2.05, 4.69) is 14.9 Å². The number of nitrogens with one attached hydrogen (secondary N) is 1. The van der Waals surface area contributed by atoms with E-state index in [0.29, 0.717) is 12.8 Å². The molecule has 0 spiro atoms. The Labute approximate surface area is 95.7 Å². The van der Waals surface area contributed by atoms with E-state index in [-0.39, 0.29) is 11.4 Å². The molecule has 1 aromatic heterocycles. The van der Waals surface area contributed by atoms with Crippen LogP contribution in [-0.2, 0) is 14.9 Å². The summed E-state index contributed by atoms with van der Waals surface area (Å²) in [5.74, 6) is -0.800. The van der Waals surface area contributed by atoms with Crippen LogP contribution in [0.2, 0.25) is 0 Å². The Bertz CT molecular complexity index is 465. The lowest BCUT2D eigenvalue weighted by Crippen LogP contribution is -2.35. The number of rotatable bonds is 4. The zero-order chi connectivity index (χ0) is 12.6. The minimum Gasteiger partial charge on any atom is -0.467 e. The van der Waals surface area contributed by atoms with E-state index in [1.807, 2.05) is 0 Å². The van der Waals surface area contributed by atoms with Crippen LogP contribution >= 0.6 is 0 Å². The quantitative estimate of drug-likeness (QED) is 0.431. The predicted molar refractivity (Wildman–Crippen MR) is 54.2 cm³/mol. The lowest BCUT2D eigenvalue weighted by molar-refractivity contribution is -0.386. The van der Waals surface area contributed by atoms with Crippen molar-refractivity contribution in [3.05, 3.63) is 22.0 Å². The number of esters is 1. The maximum Gasteiger partial charge on any atom is 0.335 e. The van der Waals surface area contributed by atoms with Crippen molar-refractivity contribution >= 4 is 11.7 Å². The summed E-state index contributed by atoms with van der Waals surface area (Å²) >= 11 is 0. The molecule has 2 N–H and O–H groups in total. The SMILES string of the molecule is COC(=O)C(O)C1(c2[nH]ncc2[N+](=O)[O-])CC1. The number of aromatic nitrogens is 2.